The van der Waals surface area contributed by atoms with E-state index in [2.05, 4.69) is 58.7 Å². The van der Waals surface area contributed by atoms with E-state index in [1.54, 1.807) is 0 Å². The number of fused-ring (bicyclic) bond motifs is 1. The second kappa shape index (κ2) is 7.40. The third kappa shape index (κ3) is 3.77. The zero-order valence-electron chi connectivity index (χ0n) is 14.7. The molecule has 1 saturated heterocycles. The number of benzene rings is 2. The van der Waals surface area contributed by atoms with Crippen molar-refractivity contribution in [3.8, 4) is 0 Å². The lowest BCUT2D eigenvalue weighted by molar-refractivity contribution is -0.123. The minimum atomic E-state index is 0.0757. The van der Waals surface area contributed by atoms with Crippen molar-refractivity contribution in [2.45, 2.75) is 25.2 Å². The fourth-order valence-electron chi connectivity index (χ4n) is 4.08. The van der Waals surface area contributed by atoms with Crippen LogP contribution in [0.2, 0.25) is 0 Å². The van der Waals surface area contributed by atoms with E-state index in [1.807, 2.05) is 6.07 Å². The molecule has 3 heteroatoms. The monoisotopic (exact) mass is 334 g/mol. The minimum absolute atomic E-state index is 0.0757. The molecule has 0 radical (unpaired) electrons. The molecule has 3 nitrogen and oxygen atoms in total. The molecule has 1 aliphatic heterocycles. The van der Waals surface area contributed by atoms with Crippen LogP contribution in [0, 0.1) is 5.92 Å². The summed E-state index contributed by atoms with van der Waals surface area (Å²) >= 11 is 0. The first kappa shape index (κ1) is 16.3. The highest BCUT2D eigenvalue weighted by molar-refractivity contribution is 5.86. The van der Waals surface area contributed by atoms with Crippen molar-refractivity contribution in [3.63, 3.8) is 0 Å². The molecule has 0 unspecified atom stereocenters. The molecule has 0 bridgehead atoms. The summed E-state index contributed by atoms with van der Waals surface area (Å²) < 4.78 is 0. The Morgan fingerprint density at radius 2 is 1.88 bits per heavy atom. The van der Waals surface area contributed by atoms with E-state index in [0.29, 0.717) is 5.92 Å². The summed E-state index contributed by atoms with van der Waals surface area (Å²) in [6, 6.07) is 19.0. The van der Waals surface area contributed by atoms with Crippen molar-refractivity contribution >= 4 is 5.91 Å². The summed E-state index contributed by atoms with van der Waals surface area (Å²) in [5, 5.41) is 3.20. The number of hydrogen-bond donors (Lipinski definition) is 1. The van der Waals surface area contributed by atoms with Crippen LogP contribution in [0.5, 0.6) is 0 Å². The van der Waals surface area contributed by atoms with E-state index in [9.17, 15) is 4.79 Å². The van der Waals surface area contributed by atoms with Gasteiger partial charge in [0.05, 0.1) is 5.92 Å². The maximum Gasteiger partial charge on any atom is 0.227 e. The first-order valence-electron chi connectivity index (χ1n) is 9.41. The highest BCUT2D eigenvalue weighted by Gasteiger charge is 2.32. The van der Waals surface area contributed by atoms with Gasteiger partial charge in [-0.15, -0.1) is 0 Å². The zero-order valence-corrected chi connectivity index (χ0v) is 14.7. The lowest BCUT2D eigenvalue weighted by atomic mass is 9.77. The second-order valence-electron chi connectivity index (χ2n) is 7.39. The van der Waals surface area contributed by atoms with Crippen molar-refractivity contribution in [1.29, 1.82) is 0 Å². The lowest BCUT2D eigenvalue weighted by Gasteiger charge is -2.29. The summed E-state index contributed by atoms with van der Waals surface area (Å²) in [4.78, 5) is 14.9. The van der Waals surface area contributed by atoms with Gasteiger partial charge in [-0.25, -0.2) is 0 Å². The largest absolute Gasteiger partial charge is 0.355 e. The van der Waals surface area contributed by atoms with Crippen LogP contribution in [0.3, 0.4) is 0 Å². The van der Waals surface area contributed by atoms with Crippen LogP contribution in [-0.4, -0.2) is 37.0 Å². The van der Waals surface area contributed by atoms with Crippen LogP contribution in [0.15, 0.2) is 54.6 Å². The predicted molar refractivity (Wildman–Crippen MR) is 101 cm³/mol. The molecule has 0 aromatic heterocycles. The highest BCUT2D eigenvalue weighted by atomic mass is 16.1. The molecular weight excluding hydrogens is 308 g/mol. The number of carbonyl (C=O) groups excluding carboxylic acids is 1. The van der Waals surface area contributed by atoms with E-state index in [-0.39, 0.29) is 11.8 Å². The molecule has 2 atom stereocenters. The maximum absolute atomic E-state index is 12.4. The standard InChI is InChI=1S/C22H26N2O/c25-22(21-14-19-8-4-5-9-20(19)21)23-15-18-11-13-24(16-18)12-10-17-6-2-1-3-7-17/h1-9,18,21H,10-16H2,(H,23,25)/t18-,21-/m0/s1. The number of rotatable bonds is 6. The Bertz CT molecular complexity index is 728. The Balaban J connectivity index is 1.19. The summed E-state index contributed by atoms with van der Waals surface area (Å²) in [5.74, 6) is 0.878. The van der Waals surface area contributed by atoms with Crippen molar-refractivity contribution < 1.29 is 4.79 Å². The molecule has 2 aromatic carbocycles. The number of carbonyl (C=O) groups is 1. The van der Waals surface area contributed by atoms with Crippen LogP contribution in [0.25, 0.3) is 0 Å². The van der Waals surface area contributed by atoms with Crippen LogP contribution >= 0.6 is 0 Å². The van der Waals surface area contributed by atoms with Gasteiger partial charge >= 0.3 is 0 Å². The van der Waals surface area contributed by atoms with Crippen molar-refractivity contribution in [2.75, 3.05) is 26.2 Å². The van der Waals surface area contributed by atoms with Gasteiger partial charge in [-0.1, -0.05) is 54.6 Å². The number of amides is 1. The zero-order chi connectivity index (χ0) is 17.1. The van der Waals surface area contributed by atoms with Gasteiger partial charge in [0.2, 0.25) is 5.91 Å². The molecule has 130 valence electrons. The van der Waals surface area contributed by atoms with Crippen LogP contribution in [0.4, 0.5) is 0 Å². The van der Waals surface area contributed by atoms with Gasteiger partial charge in [-0.2, -0.15) is 0 Å². The molecule has 4 rings (SSSR count). The van der Waals surface area contributed by atoms with Gasteiger partial charge in [-0.3, -0.25) is 4.79 Å². The van der Waals surface area contributed by atoms with Gasteiger partial charge in [0.25, 0.3) is 0 Å². The Labute approximate surface area is 150 Å². The Hall–Kier alpha value is -2.13. The van der Waals surface area contributed by atoms with Gasteiger partial charge in [-0.05, 0) is 48.4 Å². The Morgan fingerprint density at radius 1 is 1.08 bits per heavy atom. The molecule has 0 spiro atoms. The van der Waals surface area contributed by atoms with Crippen molar-refractivity contribution in [1.82, 2.24) is 10.2 Å². The van der Waals surface area contributed by atoms with E-state index < -0.39 is 0 Å². The number of hydrogen-bond acceptors (Lipinski definition) is 2. The van der Waals surface area contributed by atoms with Gasteiger partial charge in [0, 0.05) is 19.6 Å². The Morgan fingerprint density at radius 3 is 2.72 bits per heavy atom. The highest BCUT2D eigenvalue weighted by Crippen LogP contribution is 2.34. The quantitative estimate of drug-likeness (QED) is 0.881. The molecule has 2 aromatic rings. The topological polar surface area (TPSA) is 32.3 Å². The molecule has 2 aliphatic rings. The van der Waals surface area contributed by atoms with E-state index in [1.165, 1.54) is 23.1 Å². The molecule has 0 saturated carbocycles. The predicted octanol–water partition coefficient (Wildman–Crippen LogP) is 3.01. The normalized spacial score (nSPS) is 22.2. The SMILES string of the molecule is O=C(NC[C@@H]1CCN(CCc2ccccc2)C1)[C@H]1Cc2ccccc21. The smallest absolute Gasteiger partial charge is 0.227 e. The fraction of sp³-hybridized carbons (Fsp3) is 0.409. The van der Waals surface area contributed by atoms with Crippen LogP contribution in [0.1, 0.15) is 29.0 Å². The van der Waals surface area contributed by atoms with Crippen LogP contribution in [-0.2, 0) is 17.6 Å². The number of likely N-dealkylation sites (tertiary alicyclic amines) is 1. The van der Waals surface area contributed by atoms with E-state index >= 15 is 0 Å². The second-order valence-corrected chi connectivity index (χ2v) is 7.39. The first-order valence-corrected chi connectivity index (χ1v) is 9.41. The van der Waals surface area contributed by atoms with Gasteiger partial charge in [0.1, 0.15) is 0 Å². The maximum atomic E-state index is 12.4. The number of nitrogens with zero attached hydrogens (tertiary/aromatic N) is 1. The minimum Gasteiger partial charge on any atom is -0.355 e. The average molecular weight is 334 g/mol. The molecule has 25 heavy (non-hydrogen) atoms. The molecule has 1 fully saturated rings. The first-order chi connectivity index (χ1) is 12.3. The summed E-state index contributed by atoms with van der Waals surface area (Å²) in [6.45, 7) is 4.19. The van der Waals surface area contributed by atoms with E-state index in [0.717, 1.165) is 39.0 Å². The summed E-state index contributed by atoms with van der Waals surface area (Å²) in [5.41, 5.74) is 3.95. The van der Waals surface area contributed by atoms with Crippen molar-refractivity contribution in [3.05, 3.63) is 71.3 Å². The van der Waals surface area contributed by atoms with Gasteiger partial charge in [0.15, 0.2) is 0 Å². The average Bonchev–Trinajstić information content (AvgIpc) is 3.08. The summed E-state index contributed by atoms with van der Waals surface area (Å²) in [7, 11) is 0. The molecule has 1 aliphatic carbocycles. The Kier molecular flexibility index (Phi) is 4.84. The van der Waals surface area contributed by atoms with Crippen molar-refractivity contribution in [2.24, 2.45) is 5.92 Å². The molecule has 1 amide bonds. The third-order valence-electron chi connectivity index (χ3n) is 5.67. The third-order valence-corrected chi connectivity index (χ3v) is 5.67. The fourth-order valence-corrected chi connectivity index (χ4v) is 4.08. The lowest BCUT2D eigenvalue weighted by Crippen LogP contribution is -2.38. The number of nitrogens with one attached hydrogen (secondary N) is 1. The molecule has 1 heterocycles. The summed E-state index contributed by atoms with van der Waals surface area (Å²) in [6.07, 6.45) is 3.20. The van der Waals surface area contributed by atoms with Gasteiger partial charge < -0.3 is 10.2 Å². The van der Waals surface area contributed by atoms with E-state index in [4.69, 9.17) is 0 Å². The molecule has 1 N–H and O–H groups in total. The van der Waals surface area contributed by atoms with Crippen LogP contribution < -0.4 is 5.32 Å². The molecular formula is C22H26N2O.